The van der Waals surface area contributed by atoms with E-state index in [-0.39, 0.29) is 0 Å². The van der Waals surface area contributed by atoms with Crippen LogP contribution >= 0.6 is 11.8 Å². The molecular weight excluding hydrogens is 280 g/mol. The summed E-state index contributed by atoms with van der Waals surface area (Å²) in [7, 11) is 0. The largest absolute Gasteiger partial charge is 0.385 e. The van der Waals surface area contributed by atoms with Crippen LogP contribution in [0.25, 0.3) is 11.0 Å². The van der Waals surface area contributed by atoms with E-state index in [9.17, 15) is 5.11 Å². The lowest BCUT2D eigenvalue weighted by atomic mass is 9.99. The lowest BCUT2D eigenvalue weighted by Gasteiger charge is -2.22. The van der Waals surface area contributed by atoms with Crippen molar-refractivity contribution < 1.29 is 5.11 Å². The highest BCUT2D eigenvalue weighted by Gasteiger charge is 2.23. The average Bonchev–Trinajstić information content (AvgIpc) is 2.88. The monoisotopic (exact) mass is 298 g/mol. The number of H-pyrrole nitrogens is 1. The Kier molecular flexibility index (Phi) is 3.74. The van der Waals surface area contributed by atoms with Crippen LogP contribution in [0.3, 0.4) is 0 Å². The number of aliphatic hydroxyl groups is 1. The molecule has 0 spiro atoms. The highest BCUT2D eigenvalue weighted by atomic mass is 32.2. The van der Waals surface area contributed by atoms with Gasteiger partial charge in [0.1, 0.15) is 0 Å². The zero-order chi connectivity index (χ0) is 14.9. The van der Waals surface area contributed by atoms with Gasteiger partial charge in [0.15, 0.2) is 5.16 Å². The van der Waals surface area contributed by atoms with Gasteiger partial charge in [0.2, 0.25) is 0 Å². The zero-order valence-corrected chi connectivity index (χ0v) is 12.9. The second-order valence-electron chi connectivity index (χ2n) is 5.49. The summed E-state index contributed by atoms with van der Waals surface area (Å²) in [4.78, 5) is 7.85. The minimum absolute atomic E-state index is 0.551. The fraction of sp³-hybridized carbons (Fsp3) is 0.235. The van der Waals surface area contributed by atoms with Crippen molar-refractivity contribution in [2.45, 2.75) is 24.6 Å². The molecule has 1 atom stereocenters. The molecule has 0 radical (unpaired) electrons. The quantitative estimate of drug-likeness (QED) is 0.719. The molecule has 108 valence electrons. The summed E-state index contributed by atoms with van der Waals surface area (Å²) in [5.74, 6) is 0.551. The number of hydrogen-bond donors (Lipinski definition) is 2. The summed E-state index contributed by atoms with van der Waals surface area (Å²) < 4.78 is 0. The molecule has 1 aromatic heterocycles. The van der Waals surface area contributed by atoms with Crippen LogP contribution in [-0.2, 0) is 5.60 Å². The van der Waals surface area contributed by atoms with Gasteiger partial charge in [0.05, 0.1) is 16.6 Å². The Bertz CT molecular complexity index is 750. The molecule has 0 amide bonds. The Morgan fingerprint density at radius 3 is 2.71 bits per heavy atom. The third-order valence-corrected chi connectivity index (χ3v) is 4.67. The Labute approximate surface area is 128 Å². The van der Waals surface area contributed by atoms with Gasteiger partial charge in [0.25, 0.3) is 0 Å². The van der Waals surface area contributed by atoms with Crippen LogP contribution in [0.2, 0.25) is 0 Å². The van der Waals surface area contributed by atoms with Crippen LogP contribution in [0.15, 0.2) is 53.7 Å². The van der Waals surface area contributed by atoms with Gasteiger partial charge in [0, 0.05) is 5.75 Å². The number of imidazole rings is 1. The maximum absolute atomic E-state index is 10.6. The fourth-order valence-electron chi connectivity index (χ4n) is 2.26. The molecule has 4 heteroatoms. The third kappa shape index (κ3) is 3.12. The molecule has 0 aliphatic rings. The maximum atomic E-state index is 10.6. The topological polar surface area (TPSA) is 48.9 Å². The van der Waals surface area contributed by atoms with Crippen LogP contribution in [0.1, 0.15) is 18.1 Å². The molecule has 3 aromatic rings. The molecule has 1 heterocycles. The van der Waals surface area contributed by atoms with E-state index >= 15 is 0 Å². The zero-order valence-electron chi connectivity index (χ0n) is 12.1. The molecule has 0 saturated carbocycles. The molecule has 0 bridgehead atoms. The van der Waals surface area contributed by atoms with Crippen molar-refractivity contribution >= 4 is 22.8 Å². The minimum Gasteiger partial charge on any atom is -0.385 e. The number of thioether (sulfide) groups is 1. The van der Waals surface area contributed by atoms with Crippen molar-refractivity contribution in [1.82, 2.24) is 9.97 Å². The summed E-state index contributed by atoms with van der Waals surface area (Å²) >= 11 is 1.54. The van der Waals surface area contributed by atoms with E-state index in [1.165, 1.54) is 17.3 Å². The van der Waals surface area contributed by atoms with Crippen molar-refractivity contribution in [2.75, 3.05) is 5.75 Å². The predicted octanol–water partition coefficient (Wildman–Crippen LogP) is 3.87. The first kappa shape index (κ1) is 14.2. The Morgan fingerprint density at radius 2 is 1.95 bits per heavy atom. The van der Waals surface area contributed by atoms with Gasteiger partial charge >= 0.3 is 0 Å². The van der Waals surface area contributed by atoms with E-state index in [4.69, 9.17) is 0 Å². The van der Waals surface area contributed by atoms with E-state index in [0.29, 0.717) is 5.75 Å². The van der Waals surface area contributed by atoms with Gasteiger partial charge in [-0.3, -0.25) is 0 Å². The van der Waals surface area contributed by atoms with Gasteiger partial charge in [-0.25, -0.2) is 4.98 Å². The number of benzene rings is 2. The molecule has 0 aliphatic heterocycles. The highest BCUT2D eigenvalue weighted by Crippen LogP contribution is 2.29. The fourth-order valence-corrected chi connectivity index (χ4v) is 3.19. The van der Waals surface area contributed by atoms with Gasteiger partial charge in [-0.15, -0.1) is 0 Å². The van der Waals surface area contributed by atoms with Gasteiger partial charge in [-0.2, -0.15) is 0 Å². The number of aryl methyl sites for hydroxylation is 1. The SMILES string of the molecule is Cc1ccc2nc(SCC(C)(O)c3ccccc3)[nH]c2c1. The lowest BCUT2D eigenvalue weighted by molar-refractivity contribution is 0.0839. The molecule has 21 heavy (non-hydrogen) atoms. The third-order valence-electron chi connectivity index (χ3n) is 3.50. The van der Waals surface area contributed by atoms with Crippen LogP contribution in [0.5, 0.6) is 0 Å². The molecule has 2 aromatic carbocycles. The summed E-state index contributed by atoms with van der Waals surface area (Å²) in [5.41, 5.74) is 3.25. The molecule has 3 rings (SSSR count). The first-order chi connectivity index (χ1) is 10.0. The summed E-state index contributed by atoms with van der Waals surface area (Å²) in [5, 5.41) is 11.4. The van der Waals surface area contributed by atoms with Crippen LogP contribution in [0.4, 0.5) is 0 Å². The van der Waals surface area contributed by atoms with E-state index < -0.39 is 5.60 Å². The van der Waals surface area contributed by atoms with Gasteiger partial charge in [-0.05, 0) is 37.1 Å². The molecule has 0 fully saturated rings. The molecule has 3 nitrogen and oxygen atoms in total. The smallest absolute Gasteiger partial charge is 0.166 e. The lowest BCUT2D eigenvalue weighted by Crippen LogP contribution is -2.24. The Balaban J connectivity index is 1.77. The van der Waals surface area contributed by atoms with E-state index in [1.807, 2.05) is 43.3 Å². The van der Waals surface area contributed by atoms with Gasteiger partial charge in [-0.1, -0.05) is 48.2 Å². The standard InChI is InChI=1S/C17H18N2OS/c1-12-8-9-14-15(10-12)19-16(18-14)21-11-17(2,20)13-6-4-3-5-7-13/h3-10,20H,11H2,1-2H3,(H,18,19). The van der Waals surface area contributed by atoms with Crippen molar-refractivity contribution in [3.8, 4) is 0 Å². The van der Waals surface area contributed by atoms with Crippen molar-refractivity contribution in [3.63, 3.8) is 0 Å². The van der Waals surface area contributed by atoms with E-state index in [1.54, 1.807) is 0 Å². The number of rotatable bonds is 4. The van der Waals surface area contributed by atoms with E-state index in [2.05, 4.69) is 29.0 Å². The summed E-state index contributed by atoms with van der Waals surface area (Å²) in [6.07, 6.45) is 0. The summed E-state index contributed by atoms with van der Waals surface area (Å²) in [6.45, 7) is 3.90. The molecule has 2 N–H and O–H groups in total. The number of nitrogens with one attached hydrogen (secondary N) is 1. The average molecular weight is 298 g/mol. The Hall–Kier alpha value is -1.78. The molecule has 0 saturated heterocycles. The van der Waals surface area contributed by atoms with Gasteiger partial charge < -0.3 is 10.1 Å². The van der Waals surface area contributed by atoms with Crippen molar-refractivity contribution in [1.29, 1.82) is 0 Å². The maximum Gasteiger partial charge on any atom is 0.166 e. The normalized spacial score (nSPS) is 14.2. The minimum atomic E-state index is -0.874. The number of hydrogen-bond acceptors (Lipinski definition) is 3. The van der Waals surface area contributed by atoms with E-state index in [0.717, 1.165) is 21.8 Å². The first-order valence-corrected chi connectivity index (χ1v) is 7.90. The summed E-state index contributed by atoms with van der Waals surface area (Å²) in [6, 6.07) is 15.9. The van der Waals surface area contributed by atoms with Crippen LogP contribution in [-0.4, -0.2) is 20.8 Å². The second-order valence-corrected chi connectivity index (χ2v) is 6.46. The number of nitrogens with zero attached hydrogens (tertiary/aromatic N) is 1. The van der Waals surface area contributed by atoms with Crippen molar-refractivity contribution in [2.24, 2.45) is 0 Å². The highest BCUT2D eigenvalue weighted by molar-refractivity contribution is 7.99. The molecular formula is C17H18N2OS. The first-order valence-electron chi connectivity index (χ1n) is 6.92. The molecule has 1 unspecified atom stereocenters. The van der Waals surface area contributed by atoms with Crippen LogP contribution in [0, 0.1) is 6.92 Å². The number of fused-ring (bicyclic) bond motifs is 1. The number of aromatic nitrogens is 2. The number of aromatic amines is 1. The second kappa shape index (κ2) is 5.54. The van der Waals surface area contributed by atoms with Crippen LogP contribution < -0.4 is 0 Å². The molecule has 0 aliphatic carbocycles. The Morgan fingerprint density at radius 1 is 1.19 bits per heavy atom. The predicted molar refractivity (Wildman–Crippen MR) is 87.6 cm³/mol. The van der Waals surface area contributed by atoms with Crippen molar-refractivity contribution in [3.05, 3.63) is 59.7 Å².